The van der Waals surface area contributed by atoms with E-state index < -0.39 is 21.6 Å². The minimum absolute atomic E-state index is 0.762. The number of hydrogen-bond acceptors (Lipinski definition) is 2. The fraction of sp³-hybridized carbons (Fsp3) is 0.0411. The Morgan fingerprint density at radius 2 is 0.557 bits per heavy atom. The van der Waals surface area contributed by atoms with E-state index in [4.69, 9.17) is 9.97 Å². The number of benzene rings is 10. The second kappa shape index (κ2) is 18.3. The van der Waals surface area contributed by atoms with Crippen LogP contribution in [-0.4, -0.2) is 35.2 Å². The van der Waals surface area contributed by atoms with Gasteiger partial charge in [-0.2, -0.15) is 0 Å². The summed E-state index contributed by atoms with van der Waals surface area (Å²) in [6, 6.07) is 105. The third-order valence-corrected chi connectivity index (χ3v) is 27.2. The van der Waals surface area contributed by atoms with Gasteiger partial charge in [0.1, 0.15) is 0 Å². The summed E-state index contributed by atoms with van der Waals surface area (Å²) in [5, 5.41) is 15.7. The van der Waals surface area contributed by atoms with E-state index in [-0.39, 0.29) is 0 Å². The Morgan fingerprint density at radius 1 is 0.278 bits per heavy atom. The van der Waals surface area contributed by atoms with Crippen molar-refractivity contribution in [2.45, 2.75) is 5.41 Å². The van der Waals surface area contributed by atoms with Gasteiger partial charge in [-0.3, -0.25) is 9.97 Å². The molecule has 4 nitrogen and oxygen atoms in total. The molecule has 79 heavy (non-hydrogen) atoms. The molecule has 1 aliphatic rings. The van der Waals surface area contributed by atoms with Crippen LogP contribution in [0.3, 0.4) is 0 Å². The van der Waals surface area contributed by atoms with E-state index in [2.05, 4.69) is 302 Å². The van der Waals surface area contributed by atoms with Crippen molar-refractivity contribution in [1.29, 1.82) is 0 Å². The normalized spacial score (nSPS) is 13.0. The quantitative estimate of drug-likeness (QED) is 0.101. The molecule has 0 atom stereocenters. The van der Waals surface area contributed by atoms with Gasteiger partial charge >= 0.3 is 0 Å². The van der Waals surface area contributed by atoms with Crippen LogP contribution in [-0.2, 0) is 19.5 Å². The van der Waals surface area contributed by atoms with Crippen molar-refractivity contribution in [3.63, 3.8) is 0 Å². The van der Waals surface area contributed by atoms with Crippen molar-refractivity contribution < 1.29 is 0 Å². The van der Waals surface area contributed by atoms with Crippen LogP contribution in [0, 0.1) is 0 Å². The number of aryl methyl sites for hydroxylation is 2. The molecule has 15 rings (SSSR count). The van der Waals surface area contributed by atoms with E-state index in [1.165, 1.54) is 96.2 Å². The summed E-state index contributed by atoms with van der Waals surface area (Å²) in [6.45, 7) is 0. The lowest BCUT2D eigenvalue weighted by Crippen LogP contribution is -2.74. The fourth-order valence-corrected chi connectivity index (χ4v) is 23.8. The largest absolute Gasteiger partial charge is 0.344 e. The highest BCUT2D eigenvalue weighted by molar-refractivity contribution is 7.20. The maximum absolute atomic E-state index is 5.17. The number of pyridine rings is 2. The maximum atomic E-state index is 5.17. The van der Waals surface area contributed by atoms with Crippen molar-refractivity contribution in [3.8, 4) is 11.4 Å². The summed E-state index contributed by atoms with van der Waals surface area (Å²) in [4.78, 5) is 10.3. The first-order valence-electron chi connectivity index (χ1n) is 27.3. The highest BCUT2D eigenvalue weighted by Crippen LogP contribution is 2.56. The lowest BCUT2D eigenvalue weighted by Gasteiger charge is -2.34. The lowest BCUT2D eigenvalue weighted by molar-refractivity contribution is 0.767. The van der Waals surface area contributed by atoms with Crippen LogP contribution in [0.2, 0.25) is 0 Å². The molecule has 0 radical (unpaired) electrons. The first-order valence-corrected chi connectivity index (χ1v) is 31.3. The maximum Gasteiger partial charge on any atom is 0.179 e. The first-order chi connectivity index (χ1) is 39.0. The molecule has 0 aliphatic heterocycles. The second-order valence-electron chi connectivity index (χ2n) is 21.3. The summed E-state index contributed by atoms with van der Waals surface area (Å²) in [5.41, 5.74) is 10.5. The van der Waals surface area contributed by atoms with Crippen LogP contribution in [0.1, 0.15) is 22.3 Å². The zero-order chi connectivity index (χ0) is 52.7. The Bertz CT molecular complexity index is 4120. The smallest absolute Gasteiger partial charge is 0.179 e. The van der Waals surface area contributed by atoms with Crippen LogP contribution in [0.5, 0.6) is 0 Å². The number of nitrogens with zero attached hydrogens (tertiary/aromatic N) is 4. The van der Waals surface area contributed by atoms with Crippen molar-refractivity contribution in [2.24, 2.45) is 14.1 Å². The van der Waals surface area contributed by atoms with Gasteiger partial charge in [-0.05, 0) is 112 Å². The zero-order valence-corrected chi connectivity index (χ0v) is 46.0. The van der Waals surface area contributed by atoms with Crippen LogP contribution in [0.15, 0.2) is 291 Å². The molecule has 374 valence electrons. The molecule has 0 spiro atoms. The van der Waals surface area contributed by atoms with Gasteiger partial charge in [0.05, 0.1) is 16.8 Å². The van der Waals surface area contributed by atoms with Gasteiger partial charge in [0.2, 0.25) is 0 Å². The highest BCUT2D eigenvalue weighted by atomic mass is 28.3. The first kappa shape index (κ1) is 46.8. The molecule has 1 aliphatic carbocycles. The van der Waals surface area contributed by atoms with E-state index >= 15 is 0 Å². The average Bonchev–Trinajstić information content (AvgIpc) is 3.22. The van der Waals surface area contributed by atoms with E-state index in [9.17, 15) is 0 Å². The zero-order valence-electron chi connectivity index (χ0n) is 44.0. The molecule has 0 unspecified atom stereocenters. The van der Waals surface area contributed by atoms with E-state index in [0.717, 1.165) is 22.5 Å². The van der Waals surface area contributed by atoms with Crippen molar-refractivity contribution in [3.05, 3.63) is 314 Å². The molecule has 0 saturated carbocycles. The molecule has 0 fully saturated rings. The predicted octanol–water partition coefficient (Wildman–Crippen LogP) is 10.9. The molecule has 14 aromatic rings. The predicted molar refractivity (Wildman–Crippen MR) is 335 cm³/mol. The average molecular weight is 1040 g/mol. The molecule has 0 N–H and O–H groups in total. The van der Waals surface area contributed by atoms with Gasteiger partial charge in [-0.15, -0.1) is 0 Å². The number of hydrogen-bond donors (Lipinski definition) is 0. The van der Waals surface area contributed by atoms with Crippen molar-refractivity contribution in [2.75, 3.05) is 0 Å². The van der Waals surface area contributed by atoms with Gasteiger partial charge < -0.3 is 9.13 Å². The molecule has 0 bridgehead atoms. The summed E-state index contributed by atoms with van der Waals surface area (Å²) in [7, 11) is -1.25. The molecule has 10 aromatic carbocycles. The molecule has 6 heteroatoms. The standard InChI is InChI=1S/C73H54N4Si2/c1-76-67-41-37-51(47-61(67)63-49-59(39-43-69(63)76)78(53-23-9-3-10-24-53,54-25-11-4-12-26-54)55-27-13-5-14-28-55)73(65-35-21-45-74-71(65)72-66(73)36-22-46-75-72)52-38-42-68-62(48-52)64-50-60(40-44-70(64)77(68)2)79(56-29-15-6-16-30-56,57-31-17-7-18-32-57)58-33-19-8-20-34-58/h3-50H,1-2H3. The molecule has 4 heterocycles. The number of rotatable bonds is 10. The molecular weight excluding hydrogens is 989 g/mol. The van der Waals surface area contributed by atoms with E-state index in [1.54, 1.807) is 0 Å². The molecule has 0 saturated heterocycles. The SMILES string of the molecule is Cn1c2ccc(C3(c4ccc5c(c4)c4cc([Si](c6ccccc6)(c6ccccc6)c6ccccc6)ccc4n5C)c4cccnc4-c4ncccc43)cc2c2cc([Si](c3ccccc3)(c3ccccc3)c3ccccc3)ccc21. The monoisotopic (exact) mass is 1040 g/mol. The minimum Gasteiger partial charge on any atom is -0.344 e. The van der Waals surface area contributed by atoms with Crippen molar-refractivity contribution >= 4 is 101 Å². The summed E-state index contributed by atoms with van der Waals surface area (Å²) < 4.78 is 4.76. The van der Waals surface area contributed by atoms with Gasteiger partial charge in [-0.25, -0.2) is 0 Å². The molecule has 0 amide bonds. The van der Waals surface area contributed by atoms with Crippen LogP contribution in [0.25, 0.3) is 55.0 Å². The van der Waals surface area contributed by atoms with Crippen LogP contribution in [0.4, 0.5) is 0 Å². The van der Waals surface area contributed by atoms with Gasteiger partial charge in [0.15, 0.2) is 16.1 Å². The van der Waals surface area contributed by atoms with Gasteiger partial charge in [0.25, 0.3) is 0 Å². The van der Waals surface area contributed by atoms with Gasteiger partial charge in [-0.1, -0.05) is 231 Å². The number of fused-ring (bicyclic) bond motifs is 9. The Kier molecular flexibility index (Phi) is 10.9. The Balaban J connectivity index is 1.00. The van der Waals surface area contributed by atoms with E-state index in [0.29, 0.717) is 0 Å². The minimum atomic E-state index is -2.84. The summed E-state index contributed by atoms with van der Waals surface area (Å²) >= 11 is 0. The third-order valence-electron chi connectivity index (χ3n) is 17.6. The van der Waals surface area contributed by atoms with Crippen LogP contribution >= 0.6 is 0 Å². The Hall–Kier alpha value is -9.47. The molecule has 4 aromatic heterocycles. The van der Waals surface area contributed by atoms with Crippen molar-refractivity contribution in [1.82, 2.24) is 19.1 Å². The van der Waals surface area contributed by atoms with Gasteiger partial charge in [0, 0.05) is 70.1 Å². The Morgan fingerprint density at radius 3 is 0.861 bits per heavy atom. The third kappa shape index (κ3) is 6.72. The Labute approximate surface area is 462 Å². The number of aromatic nitrogens is 4. The molecular formula is C73H54N4Si2. The topological polar surface area (TPSA) is 35.6 Å². The fourth-order valence-electron chi connectivity index (χ4n) is 14.2. The highest BCUT2D eigenvalue weighted by Gasteiger charge is 2.49. The van der Waals surface area contributed by atoms with Crippen LogP contribution < -0.4 is 41.5 Å². The summed E-state index contributed by atoms with van der Waals surface area (Å²) in [6.07, 6.45) is 3.84. The second-order valence-corrected chi connectivity index (χ2v) is 28.9. The van der Waals surface area contributed by atoms with E-state index in [1.807, 2.05) is 12.4 Å². The lowest BCUT2D eigenvalue weighted by atomic mass is 9.67. The summed E-state index contributed by atoms with van der Waals surface area (Å²) in [5.74, 6) is 0.